The van der Waals surface area contributed by atoms with E-state index in [-0.39, 0.29) is 0 Å². The molecule has 100 valence electrons. The third-order valence-corrected chi connectivity index (χ3v) is 4.05. The summed E-state index contributed by atoms with van der Waals surface area (Å²) in [6, 6.07) is 0. The van der Waals surface area contributed by atoms with Crippen molar-refractivity contribution in [1.82, 2.24) is 15.1 Å². The summed E-state index contributed by atoms with van der Waals surface area (Å²) in [6.45, 7) is 2.96. The molecule has 8 nitrogen and oxygen atoms in total. The van der Waals surface area contributed by atoms with E-state index < -0.39 is 23.3 Å². The Morgan fingerprint density at radius 3 is 2.58 bits per heavy atom. The number of piperidine rings is 1. The standard InChI is InChI=1S/C11H11N3O5/c1-6-12-13-9(17-6)10-2-3-14(5-10)11(4-10)18-7(15)8(16)19-11/h2-5H2,1H3. The van der Waals surface area contributed by atoms with Crippen LogP contribution in [0, 0.1) is 6.92 Å². The first-order chi connectivity index (χ1) is 9.03. The number of carbonyl (C=O) groups is 2. The molecular weight excluding hydrogens is 254 g/mol. The molecule has 8 heteroatoms. The summed E-state index contributed by atoms with van der Waals surface area (Å²) in [4.78, 5) is 24.4. The van der Waals surface area contributed by atoms with Crippen LogP contribution >= 0.6 is 0 Å². The SMILES string of the molecule is Cc1nnc(C23CCN(C2)C2(C3)OC(=O)C(=O)O2)o1. The molecule has 3 aliphatic heterocycles. The zero-order valence-electron chi connectivity index (χ0n) is 10.2. The van der Waals surface area contributed by atoms with Crippen molar-refractivity contribution in [3.8, 4) is 0 Å². The Labute approximate surface area is 107 Å². The van der Waals surface area contributed by atoms with Crippen molar-refractivity contribution in [2.45, 2.75) is 31.1 Å². The third-order valence-electron chi connectivity index (χ3n) is 4.05. The van der Waals surface area contributed by atoms with E-state index in [1.807, 2.05) is 4.90 Å². The molecule has 2 unspecified atom stereocenters. The van der Waals surface area contributed by atoms with Crippen LogP contribution in [-0.2, 0) is 24.5 Å². The Balaban J connectivity index is 1.72. The van der Waals surface area contributed by atoms with E-state index >= 15 is 0 Å². The lowest BCUT2D eigenvalue weighted by molar-refractivity contribution is -0.240. The molecule has 0 N–H and O–H groups in total. The molecule has 3 aliphatic rings. The summed E-state index contributed by atoms with van der Waals surface area (Å²) < 4.78 is 15.8. The second kappa shape index (κ2) is 3.13. The highest BCUT2D eigenvalue weighted by molar-refractivity contribution is 6.31. The molecule has 1 spiro atoms. The van der Waals surface area contributed by atoms with Crippen molar-refractivity contribution < 1.29 is 23.5 Å². The Bertz CT molecular complexity index is 581. The van der Waals surface area contributed by atoms with Gasteiger partial charge in [-0.3, -0.25) is 0 Å². The van der Waals surface area contributed by atoms with E-state index in [0.717, 1.165) is 6.42 Å². The van der Waals surface area contributed by atoms with Crippen molar-refractivity contribution in [1.29, 1.82) is 0 Å². The van der Waals surface area contributed by atoms with Gasteiger partial charge in [0.25, 0.3) is 0 Å². The topological polar surface area (TPSA) is 94.8 Å². The van der Waals surface area contributed by atoms with Crippen LogP contribution < -0.4 is 0 Å². The van der Waals surface area contributed by atoms with E-state index in [9.17, 15) is 9.59 Å². The van der Waals surface area contributed by atoms with Gasteiger partial charge in [0.15, 0.2) is 0 Å². The highest BCUT2D eigenvalue weighted by Crippen LogP contribution is 2.53. The van der Waals surface area contributed by atoms with E-state index in [2.05, 4.69) is 10.2 Å². The van der Waals surface area contributed by atoms with Crippen LogP contribution in [0.4, 0.5) is 0 Å². The molecule has 4 rings (SSSR count). The summed E-state index contributed by atoms with van der Waals surface area (Å²) in [7, 11) is 0. The molecule has 0 aromatic carbocycles. The number of hydrogen-bond acceptors (Lipinski definition) is 8. The number of ether oxygens (including phenoxy) is 2. The lowest BCUT2D eigenvalue weighted by atomic mass is 9.83. The van der Waals surface area contributed by atoms with E-state index in [0.29, 0.717) is 31.3 Å². The minimum absolute atomic E-state index is 0.346. The number of hydrogen-bond donors (Lipinski definition) is 0. The van der Waals surface area contributed by atoms with Crippen LogP contribution in [0.2, 0.25) is 0 Å². The second-order valence-corrected chi connectivity index (χ2v) is 5.25. The van der Waals surface area contributed by atoms with Crippen molar-refractivity contribution in [3.05, 3.63) is 11.8 Å². The molecule has 3 saturated heterocycles. The van der Waals surface area contributed by atoms with Gasteiger partial charge in [-0.2, -0.15) is 0 Å². The number of rotatable bonds is 1. The summed E-state index contributed by atoms with van der Waals surface area (Å²) in [5.74, 6) is -2.14. The maximum atomic E-state index is 11.3. The summed E-state index contributed by atoms with van der Waals surface area (Å²) >= 11 is 0. The molecule has 1 aromatic rings. The Morgan fingerprint density at radius 2 is 1.95 bits per heavy atom. The monoisotopic (exact) mass is 265 g/mol. The molecule has 2 atom stereocenters. The van der Waals surface area contributed by atoms with Gasteiger partial charge in [0.2, 0.25) is 11.8 Å². The van der Waals surface area contributed by atoms with Gasteiger partial charge in [-0.25, -0.2) is 14.5 Å². The number of aryl methyl sites for hydroxylation is 1. The largest absolute Gasteiger partial charge is 0.425 e. The van der Waals surface area contributed by atoms with Crippen LogP contribution in [0.3, 0.4) is 0 Å². The van der Waals surface area contributed by atoms with Gasteiger partial charge in [-0.15, -0.1) is 10.2 Å². The predicted octanol–water partition coefficient (Wildman–Crippen LogP) is -0.521. The van der Waals surface area contributed by atoms with Crippen LogP contribution in [0.15, 0.2) is 4.42 Å². The van der Waals surface area contributed by atoms with Crippen LogP contribution in [0.1, 0.15) is 24.6 Å². The average Bonchev–Trinajstić information content (AvgIpc) is 3.06. The fraction of sp³-hybridized carbons (Fsp3) is 0.636. The highest BCUT2D eigenvalue weighted by Gasteiger charge is 2.68. The molecule has 0 aliphatic carbocycles. The lowest BCUT2D eigenvalue weighted by Crippen LogP contribution is -2.47. The van der Waals surface area contributed by atoms with Gasteiger partial charge in [-0.1, -0.05) is 0 Å². The van der Waals surface area contributed by atoms with Gasteiger partial charge >= 0.3 is 17.8 Å². The van der Waals surface area contributed by atoms with Crippen molar-refractivity contribution in [2.75, 3.05) is 13.1 Å². The fourth-order valence-electron chi connectivity index (χ4n) is 3.20. The van der Waals surface area contributed by atoms with Crippen LogP contribution in [-0.4, -0.2) is 46.0 Å². The number of carbonyl (C=O) groups excluding carboxylic acids is 2. The smallest absolute Gasteiger partial charge is 0.421 e. The number of esters is 2. The zero-order chi connectivity index (χ0) is 13.3. The zero-order valence-corrected chi connectivity index (χ0v) is 10.2. The predicted molar refractivity (Wildman–Crippen MR) is 56.4 cm³/mol. The third kappa shape index (κ3) is 1.26. The van der Waals surface area contributed by atoms with Crippen molar-refractivity contribution >= 4 is 11.9 Å². The van der Waals surface area contributed by atoms with Crippen molar-refractivity contribution in [2.24, 2.45) is 0 Å². The Kier molecular flexibility index (Phi) is 1.80. The maximum absolute atomic E-state index is 11.3. The molecule has 2 bridgehead atoms. The first-order valence-corrected chi connectivity index (χ1v) is 6.05. The first-order valence-electron chi connectivity index (χ1n) is 6.05. The molecule has 4 heterocycles. The first kappa shape index (κ1) is 10.9. The van der Waals surface area contributed by atoms with E-state index in [1.54, 1.807) is 6.92 Å². The fourth-order valence-corrected chi connectivity index (χ4v) is 3.20. The second-order valence-electron chi connectivity index (χ2n) is 5.25. The van der Waals surface area contributed by atoms with E-state index in [4.69, 9.17) is 13.9 Å². The normalized spacial score (nSPS) is 34.9. The lowest BCUT2D eigenvalue weighted by Gasteiger charge is -2.33. The summed E-state index contributed by atoms with van der Waals surface area (Å²) in [5, 5.41) is 7.90. The minimum atomic E-state index is -1.27. The van der Waals surface area contributed by atoms with E-state index in [1.165, 1.54) is 0 Å². The van der Waals surface area contributed by atoms with Gasteiger partial charge in [0.1, 0.15) is 0 Å². The molecule has 3 fully saturated rings. The van der Waals surface area contributed by atoms with Gasteiger partial charge in [0.05, 0.1) is 11.8 Å². The van der Waals surface area contributed by atoms with Crippen molar-refractivity contribution in [3.63, 3.8) is 0 Å². The minimum Gasteiger partial charge on any atom is -0.425 e. The molecular formula is C11H11N3O5. The number of fused-ring (bicyclic) bond motifs is 3. The van der Waals surface area contributed by atoms with Gasteiger partial charge in [0, 0.05) is 20.0 Å². The Morgan fingerprint density at radius 1 is 1.21 bits per heavy atom. The van der Waals surface area contributed by atoms with Gasteiger partial charge < -0.3 is 13.9 Å². The quantitative estimate of drug-likeness (QED) is 0.494. The van der Waals surface area contributed by atoms with Gasteiger partial charge in [-0.05, 0) is 6.42 Å². The summed E-state index contributed by atoms with van der Waals surface area (Å²) in [6.07, 6.45) is 1.16. The molecule has 0 radical (unpaired) electrons. The number of aromatic nitrogens is 2. The number of nitrogens with zero attached hydrogens (tertiary/aromatic N) is 3. The van der Waals surface area contributed by atoms with Crippen LogP contribution in [0.5, 0.6) is 0 Å². The van der Waals surface area contributed by atoms with Crippen LogP contribution in [0.25, 0.3) is 0 Å². The summed E-state index contributed by atoms with van der Waals surface area (Å²) in [5.41, 5.74) is -0.397. The maximum Gasteiger partial charge on any atom is 0.421 e. The molecule has 0 amide bonds. The molecule has 1 aromatic heterocycles. The average molecular weight is 265 g/mol. The highest BCUT2D eigenvalue weighted by atomic mass is 16.8. The molecule has 0 saturated carbocycles. The molecule has 19 heavy (non-hydrogen) atoms. The Hall–Kier alpha value is -1.96.